The molecule has 0 rings (SSSR count). The van der Waals surface area contributed by atoms with Crippen molar-refractivity contribution >= 4 is 35.8 Å². The van der Waals surface area contributed by atoms with E-state index in [1.807, 2.05) is 0 Å². The number of carboxylic acids is 2. The Labute approximate surface area is 199 Å². The molecule has 0 unspecified atom stereocenters. The van der Waals surface area contributed by atoms with E-state index in [1.165, 1.54) is 64.2 Å². The van der Waals surface area contributed by atoms with Gasteiger partial charge in [0.1, 0.15) is 0 Å². The Morgan fingerprint density at radius 3 is 0.862 bits per heavy atom. The average molecular weight is 523 g/mol. The Morgan fingerprint density at radius 2 is 0.690 bits per heavy atom. The summed E-state index contributed by atoms with van der Waals surface area (Å²) < 4.78 is 0. The summed E-state index contributed by atoms with van der Waals surface area (Å²) in [6, 6.07) is 0. The second-order valence-electron chi connectivity index (χ2n) is 7.12. The fourth-order valence-corrected chi connectivity index (χ4v) is 1.76. The van der Waals surface area contributed by atoms with E-state index in [4.69, 9.17) is 10.2 Å². The van der Waals surface area contributed by atoms with Gasteiger partial charge in [-0.25, -0.2) is 0 Å². The minimum absolute atomic E-state index is 0. The molecule has 5 heteroatoms. The van der Waals surface area contributed by atoms with Crippen LogP contribution in [0, 0.1) is 0 Å². The maximum atomic E-state index is 10.0. The van der Waals surface area contributed by atoms with Crippen molar-refractivity contribution in [3.63, 3.8) is 0 Å². The summed E-state index contributed by atoms with van der Waals surface area (Å²) in [6.07, 6.45) is 17.0. The summed E-state index contributed by atoms with van der Waals surface area (Å²) in [5.41, 5.74) is 0. The Hall–Kier alpha value is -0.261. The predicted molar refractivity (Wildman–Crippen MR) is 129 cm³/mol. The van der Waals surface area contributed by atoms with Crippen molar-refractivity contribution in [3.8, 4) is 0 Å². The zero-order valence-electron chi connectivity index (χ0n) is 20.5. The van der Waals surface area contributed by atoms with Gasteiger partial charge in [0.05, 0.1) is 0 Å². The fraction of sp³-hybridized carbons (Fsp3) is 0.917. The van der Waals surface area contributed by atoms with Crippen LogP contribution in [0.1, 0.15) is 144 Å². The minimum Gasteiger partial charge on any atom is -0.481 e. The van der Waals surface area contributed by atoms with E-state index in [0.29, 0.717) is 12.8 Å². The van der Waals surface area contributed by atoms with Crippen molar-refractivity contribution in [2.75, 3.05) is 0 Å². The first-order valence-corrected chi connectivity index (χ1v) is 11.8. The molecular formula is C24H52O4Sn. The number of aliphatic carboxylic acids is 2. The molecule has 2 N–H and O–H groups in total. The molecule has 0 aliphatic heterocycles. The Kier molecular flexibility index (Phi) is 56.8. The van der Waals surface area contributed by atoms with E-state index in [0.717, 1.165) is 25.7 Å². The van der Waals surface area contributed by atoms with Crippen LogP contribution < -0.4 is 0 Å². The molecule has 176 valence electrons. The smallest absolute Gasteiger partial charge is 0.303 e. The van der Waals surface area contributed by atoms with Crippen molar-refractivity contribution in [1.29, 1.82) is 0 Å². The van der Waals surface area contributed by atoms with Gasteiger partial charge in [-0.3, -0.25) is 9.59 Å². The molecule has 0 aromatic heterocycles. The third kappa shape index (κ3) is 74.2. The zero-order chi connectivity index (χ0) is 22.5. The quantitative estimate of drug-likeness (QED) is 0.178. The van der Waals surface area contributed by atoms with Gasteiger partial charge < -0.3 is 10.2 Å². The summed E-state index contributed by atoms with van der Waals surface area (Å²) >= 11 is 0. The number of carbonyl (C=O) groups is 2. The molecule has 0 aromatic rings. The van der Waals surface area contributed by atoms with Gasteiger partial charge in [0.15, 0.2) is 0 Å². The molecule has 0 amide bonds. The molecule has 0 saturated carbocycles. The van der Waals surface area contributed by atoms with Gasteiger partial charge in [-0.1, -0.05) is 119 Å². The molecule has 0 atom stereocenters. The summed E-state index contributed by atoms with van der Waals surface area (Å²) in [5.74, 6) is -1.34. The predicted octanol–water partition coefficient (Wildman–Crippen LogP) is 8.10. The number of hydrogen-bond donors (Lipinski definition) is 2. The Morgan fingerprint density at radius 1 is 0.448 bits per heavy atom. The Balaban J connectivity index is -0.0000000950. The first kappa shape index (κ1) is 39.2. The van der Waals surface area contributed by atoms with Crippen molar-refractivity contribution in [3.05, 3.63) is 0 Å². The number of rotatable bonds is 14. The van der Waals surface area contributed by atoms with Crippen LogP contribution in [0.25, 0.3) is 0 Å². The number of carboxylic acid groups (broad SMARTS) is 2. The van der Waals surface area contributed by atoms with Crippen molar-refractivity contribution in [2.45, 2.75) is 144 Å². The summed E-state index contributed by atoms with van der Waals surface area (Å²) in [5, 5.41) is 16.5. The van der Waals surface area contributed by atoms with Crippen molar-refractivity contribution in [1.82, 2.24) is 0 Å². The van der Waals surface area contributed by atoms with Crippen LogP contribution in [0.4, 0.5) is 0 Å². The molecule has 0 aromatic carbocycles. The van der Waals surface area contributed by atoms with Crippen LogP contribution in [0.15, 0.2) is 0 Å². The van der Waals surface area contributed by atoms with Crippen molar-refractivity contribution < 1.29 is 19.8 Å². The summed E-state index contributed by atoms with van der Waals surface area (Å²) in [4.78, 5) is 20.1. The molecule has 0 saturated heterocycles. The topological polar surface area (TPSA) is 74.6 Å². The molecule has 0 fully saturated rings. The molecule has 0 heterocycles. The normalized spacial score (nSPS) is 8.76. The first-order valence-electron chi connectivity index (χ1n) is 11.8. The van der Waals surface area contributed by atoms with Gasteiger partial charge in [-0.15, -0.1) is 0 Å². The van der Waals surface area contributed by atoms with Crippen LogP contribution in [0.2, 0.25) is 0 Å². The number of unbranched alkanes of at least 4 members (excludes halogenated alkanes) is 10. The minimum atomic E-state index is -0.670. The van der Waals surface area contributed by atoms with Crippen molar-refractivity contribution in [2.24, 2.45) is 0 Å². The maximum absolute atomic E-state index is 10.0. The van der Waals surface area contributed by atoms with E-state index in [1.54, 1.807) is 0 Å². The van der Waals surface area contributed by atoms with Gasteiger partial charge >= 0.3 is 11.9 Å². The van der Waals surface area contributed by atoms with Gasteiger partial charge in [-0.05, 0) is 12.8 Å². The van der Waals surface area contributed by atoms with Crippen LogP contribution in [0.3, 0.4) is 0 Å². The second kappa shape index (κ2) is 42.0. The molecule has 29 heavy (non-hydrogen) atoms. The van der Waals surface area contributed by atoms with Gasteiger partial charge in [-0.2, -0.15) is 0 Å². The Bertz CT molecular complexity index is 252. The molecular weight excluding hydrogens is 471 g/mol. The summed E-state index contributed by atoms with van der Waals surface area (Å²) in [7, 11) is 0. The van der Waals surface area contributed by atoms with Crippen LogP contribution in [0.5, 0.6) is 0 Å². The third-order valence-corrected chi connectivity index (χ3v) is 3.99. The summed E-state index contributed by atoms with van der Waals surface area (Å²) in [6.45, 7) is 13.0. The van der Waals surface area contributed by atoms with Crippen LogP contribution in [-0.2, 0) is 9.59 Å². The number of hydrogen-bond acceptors (Lipinski definition) is 2. The van der Waals surface area contributed by atoms with Crippen LogP contribution in [-0.4, -0.2) is 46.1 Å². The van der Waals surface area contributed by atoms with E-state index in [9.17, 15) is 9.59 Å². The fourth-order valence-electron chi connectivity index (χ4n) is 1.76. The monoisotopic (exact) mass is 524 g/mol. The molecule has 0 aliphatic rings. The molecule has 0 spiro atoms. The van der Waals surface area contributed by atoms with Gasteiger partial charge in [0.2, 0.25) is 0 Å². The van der Waals surface area contributed by atoms with E-state index in [2.05, 4.69) is 41.5 Å². The SMILES string of the molecule is CCCC.CCCC.CCCCCCCC(=O)O.CCCCCCCC(=O)O.[Sn]. The van der Waals surface area contributed by atoms with Gasteiger partial charge in [0.25, 0.3) is 0 Å². The van der Waals surface area contributed by atoms with E-state index < -0.39 is 11.9 Å². The third-order valence-electron chi connectivity index (χ3n) is 3.99. The van der Waals surface area contributed by atoms with E-state index in [-0.39, 0.29) is 23.9 Å². The zero-order valence-corrected chi connectivity index (χ0v) is 23.4. The molecule has 0 bridgehead atoms. The maximum Gasteiger partial charge on any atom is 0.303 e. The molecule has 4 radical (unpaired) electrons. The molecule has 0 aliphatic carbocycles. The largest absolute Gasteiger partial charge is 0.481 e. The first-order chi connectivity index (χ1) is 13.4. The second-order valence-corrected chi connectivity index (χ2v) is 7.12. The van der Waals surface area contributed by atoms with Gasteiger partial charge in [0, 0.05) is 36.7 Å². The van der Waals surface area contributed by atoms with E-state index >= 15 is 0 Å². The molecule has 4 nitrogen and oxygen atoms in total. The van der Waals surface area contributed by atoms with Crippen LogP contribution >= 0.6 is 0 Å². The average Bonchev–Trinajstić information content (AvgIpc) is 2.68. The standard InChI is InChI=1S/2C8H16O2.2C4H10.Sn/c2*1-2-3-4-5-6-7-8(9)10;2*1-3-4-2;/h2*2-7H2,1H3,(H,9,10);2*3-4H2,1-2H3;.